The van der Waals surface area contributed by atoms with Crippen LogP contribution in [0.25, 0.3) is 0 Å². The number of amides is 2. The number of hydrogen-bond acceptors (Lipinski definition) is 6. The van der Waals surface area contributed by atoms with Crippen LogP contribution in [0.15, 0.2) is 6.33 Å². The number of aryl methyl sites for hydroxylation is 1. The Morgan fingerprint density at radius 3 is 2.59 bits per heavy atom. The van der Waals surface area contributed by atoms with Crippen LogP contribution in [-0.2, 0) is 27.3 Å². The number of aliphatic carboxylic acids is 1. The minimum Gasteiger partial charge on any atom is -0.481 e. The molecule has 2 fully saturated rings. The van der Waals surface area contributed by atoms with E-state index in [9.17, 15) is 9.59 Å². The van der Waals surface area contributed by atoms with Gasteiger partial charge in [0.1, 0.15) is 17.8 Å². The van der Waals surface area contributed by atoms with E-state index in [1.807, 2.05) is 9.58 Å². The Morgan fingerprint density at radius 2 is 2.00 bits per heavy atom. The molecular formula is C17H25N5O5. The average molecular weight is 379 g/mol. The number of carboxylic acids is 1. The number of rotatable bonds is 1. The molecule has 27 heavy (non-hydrogen) atoms. The molecule has 2 saturated heterocycles. The van der Waals surface area contributed by atoms with Crippen LogP contribution in [0.3, 0.4) is 0 Å². The highest BCUT2D eigenvalue weighted by Crippen LogP contribution is 2.33. The van der Waals surface area contributed by atoms with Crippen molar-refractivity contribution in [3.63, 3.8) is 0 Å². The molecule has 1 unspecified atom stereocenters. The number of likely N-dealkylation sites (N-methyl/N-ethyl adjacent to an activating group) is 1. The molecule has 10 heteroatoms. The van der Waals surface area contributed by atoms with Crippen LogP contribution in [-0.4, -0.2) is 79.9 Å². The molecule has 0 saturated carbocycles. The van der Waals surface area contributed by atoms with Crippen LogP contribution in [0.4, 0.5) is 4.79 Å². The molecule has 4 rings (SSSR count). The summed E-state index contributed by atoms with van der Waals surface area (Å²) in [6.45, 7) is 3.63. The number of carboxylic acid groups (broad SMARTS) is 1. The summed E-state index contributed by atoms with van der Waals surface area (Å²) in [5.74, 6) is 0.304. The van der Waals surface area contributed by atoms with E-state index in [0.717, 1.165) is 38.4 Å². The molecule has 0 aliphatic carbocycles. The minimum absolute atomic E-state index is 0.0212. The molecular weight excluding hydrogens is 354 g/mol. The van der Waals surface area contributed by atoms with Gasteiger partial charge in [-0.1, -0.05) is 0 Å². The topological polar surface area (TPSA) is 118 Å². The summed E-state index contributed by atoms with van der Waals surface area (Å²) in [5.41, 5.74) is -0.395. The average Bonchev–Trinajstić information content (AvgIpc) is 3.18. The second-order valence-electron chi connectivity index (χ2n) is 7.35. The van der Waals surface area contributed by atoms with Crippen LogP contribution in [0.5, 0.6) is 0 Å². The van der Waals surface area contributed by atoms with Gasteiger partial charge in [-0.2, -0.15) is 5.10 Å². The Bertz CT molecular complexity index is 721. The molecule has 4 heterocycles. The number of piperidine rings is 1. The van der Waals surface area contributed by atoms with Gasteiger partial charge in [-0.25, -0.2) is 14.5 Å². The van der Waals surface area contributed by atoms with Gasteiger partial charge in [0.05, 0.1) is 19.0 Å². The fourth-order valence-electron chi connectivity index (χ4n) is 3.88. The summed E-state index contributed by atoms with van der Waals surface area (Å²) in [5, 5.41) is 11.6. The number of aromatic nitrogens is 3. The van der Waals surface area contributed by atoms with Gasteiger partial charge in [-0.15, -0.1) is 0 Å². The maximum absolute atomic E-state index is 12.8. The van der Waals surface area contributed by atoms with Crippen molar-refractivity contribution in [2.24, 2.45) is 5.92 Å². The predicted molar refractivity (Wildman–Crippen MR) is 92.8 cm³/mol. The van der Waals surface area contributed by atoms with Crippen molar-refractivity contribution in [1.82, 2.24) is 24.6 Å². The largest absolute Gasteiger partial charge is 0.481 e. The van der Waals surface area contributed by atoms with E-state index in [2.05, 4.69) is 10.1 Å². The fourth-order valence-corrected chi connectivity index (χ4v) is 3.88. The molecule has 3 aliphatic rings. The molecule has 0 bridgehead atoms. The minimum atomic E-state index is -0.833. The number of likely N-dealkylation sites (tertiary alicyclic amines) is 1. The van der Waals surface area contributed by atoms with Gasteiger partial charge in [0.25, 0.3) is 5.97 Å². The summed E-state index contributed by atoms with van der Waals surface area (Å²) in [6.07, 6.45) is 4.37. The second kappa shape index (κ2) is 7.53. The Morgan fingerprint density at radius 1 is 1.33 bits per heavy atom. The Labute approximate surface area is 157 Å². The molecule has 3 aliphatic heterocycles. The van der Waals surface area contributed by atoms with Crippen molar-refractivity contribution in [2.75, 3.05) is 26.7 Å². The number of carbonyl (C=O) groups excluding carboxylic acids is 2. The maximum Gasteiger partial charge on any atom is 0.410 e. The van der Waals surface area contributed by atoms with Crippen molar-refractivity contribution in [3.05, 3.63) is 12.2 Å². The third-order valence-electron chi connectivity index (χ3n) is 5.28. The monoisotopic (exact) mass is 379 g/mol. The van der Waals surface area contributed by atoms with E-state index in [0.29, 0.717) is 26.2 Å². The lowest BCUT2D eigenvalue weighted by Crippen LogP contribution is -2.50. The van der Waals surface area contributed by atoms with Crippen LogP contribution < -0.4 is 0 Å². The predicted octanol–water partition coefficient (Wildman–Crippen LogP) is 0.375. The zero-order chi connectivity index (χ0) is 19.6. The van der Waals surface area contributed by atoms with Crippen LogP contribution >= 0.6 is 0 Å². The zero-order valence-corrected chi connectivity index (χ0v) is 15.6. The number of hydrogen-bond donors (Lipinski definition) is 1. The quantitative estimate of drug-likeness (QED) is 0.749. The van der Waals surface area contributed by atoms with Crippen LogP contribution in [0.2, 0.25) is 0 Å². The molecule has 1 atom stereocenters. The van der Waals surface area contributed by atoms with Crippen molar-refractivity contribution in [1.29, 1.82) is 0 Å². The summed E-state index contributed by atoms with van der Waals surface area (Å²) >= 11 is 0. The molecule has 1 aromatic heterocycles. The summed E-state index contributed by atoms with van der Waals surface area (Å²) in [6, 6.07) is 0. The summed E-state index contributed by atoms with van der Waals surface area (Å²) in [4.78, 5) is 41.1. The molecule has 1 aromatic rings. The highest BCUT2D eigenvalue weighted by molar-refractivity contribution is 5.79. The SMILES string of the molecule is CC(=O)O.CN1CC2(CCN(C(=O)C3CCc4ncnn4C3)CC2)OC1=O. The van der Waals surface area contributed by atoms with E-state index >= 15 is 0 Å². The Balaban J connectivity index is 0.000000481. The lowest BCUT2D eigenvalue weighted by Gasteiger charge is -2.39. The fraction of sp³-hybridized carbons (Fsp3) is 0.706. The highest BCUT2D eigenvalue weighted by Gasteiger charge is 2.46. The molecule has 148 valence electrons. The smallest absolute Gasteiger partial charge is 0.410 e. The zero-order valence-electron chi connectivity index (χ0n) is 15.6. The maximum atomic E-state index is 12.8. The van der Waals surface area contributed by atoms with E-state index in [1.165, 1.54) is 0 Å². The second-order valence-corrected chi connectivity index (χ2v) is 7.35. The Kier molecular flexibility index (Phi) is 5.33. The van der Waals surface area contributed by atoms with Gasteiger partial charge in [-0.05, 0) is 6.42 Å². The molecule has 10 nitrogen and oxygen atoms in total. The van der Waals surface area contributed by atoms with Gasteiger partial charge in [0.2, 0.25) is 5.91 Å². The molecule has 1 spiro atoms. The van der Waals surface area contributed by atoms with E-state index in [-0.39, 0.29) is 17.9 Å². The first-order valence-corrected chi connectivity index (χ1v) is 9.09. The Hall–Kier alpha value is -2.65. The molecule has 1 N–H and O–H groups in total. The van der Waals surface area contributed by atoms with Gasteiger partial charge < -0.3 is 19.6 Å². The van der Waals surface area contributed by atoms with Gasteiger partial charge in [0.15, 0.2) is 0 Å². The summed E-state index contributed by atoms with van der Waals surface area (Å²) in [7, 11) is 1.76. The normalized spacial score (nSPS) is 23.3. The molecule has 2 amide bonds. The number of nitrogens with zero attached hydrogens (tertiary/aromatic N) is 5. The molecule has 0 aromatic carbocycles. The van der Waals surface area contributed by atoms with Gasteiger partial charge >= 0.3 is 6.09 Å². The van der Waals surface area contributed by atoms with Crippen molar-refractivity contribution >= 4 is 18.0 Å². The summed E-state index contributed by atoms with van der Waals surface area (Å²) < 4.78 is 7.38. The van der Waals surface area contributed by atoms with E-state index < -0.39 is 11.6 Å². The number of carbonyl (C=O) groups is 3. The van der Waals surface area contributed by atoms with E-state index in [4.69, 9.17) is 14.6 Å². The number of fused-ring (bicyclic) bond motifs is 1. The van der Waals surface area contributed by atoms with Crippen molar-refractivity contribution < 1.29 is 24.2 Å². The van der Waals surface area contributed by atoms with Crippen LogP contribution in [0.1, 0.15) is 32.0 Å². The highest BCUT2D eigenvalue weighted by atomic mass is 16.6. The van der Waals surface area contributed by atoms with Gasteiger partial charge in [0, 0.05) is 46.3 Å². The third-order valence-corrected chi connectivity index (χ3v) is 5.28. The first-order chi connectivity index (χ1) is 12.8. The van der Waals surface area contributed by atoms with E-state index in [1.54, 1.807) is 18.3 Å². The third kappa shape index (κ3) is 4.20. The first-order valence-electron chi connectivity index (χ1n) is 9.09. The number of ether oxygens (including phenoxy) is 1. The molecule has 0 radical (unpaired) electrons. The lowest BCUT2D eigenvalue weighted by molar-refractivity contribution is -0.140. The van der Waals surface area contributed by atoms with Crippen molar-refractivity contribution in [3.8, 4) is 0 Å². The lowest BCUT2D eigenvalue weighted by atomic mass is 9.90. The van der Waals surface area contributed by atoms with Crippen molar-refractivity contribution in [2.45, 2.75) is 44.8 Å². The van der Waals surface area contributed by atoms with Crippen LogP contribution in [0, 0.1) is 5.92 Å². The van der Waals surface area contributed by atoms with Gasteiger partial charge in [-0.3, -0.25) is 9.59 Å². The standard InChI is InChI=1S/C15H21N5O3.C2H4O2/c1-18-9-15(23-14(18)22)4-6-19(7-5-15)13(21)11-2-3-12-16-10-17-20(12)8-11;1-2(3)4/h10-11H,2-9H2,1H3;1H3,(H,3,4). The first kappa shape index (κ1) is 19.1.